The summed E-state index contributed by atoms with van der Waals surface area (Å²) in [7, 11) is 0. The molecule has 0 spiro atoms. The Bertz CT molecular complexity index is 691. The molecule has 1 aromatic heterocycles. The van der Waals surface area contributed by atoms with Gasteiger partial charge in [-0.15, -0.1) is 0 Å². The molecule has 0 aliphatic carbocycles. The van der Waals surface area contributed by atoms with Crippen LogP contribution in [0.3, 0.4) is 0 Å². The quantitative estimate of drug-likeness (QED) is 0.682. The number of benzene rings is 2. The molecule has 21 heavy (non-hydrogen) atoms. The maximum Gasteiger partial charge on any atom is 0.115 e. The highest BCUT2D eigenvalue weighted by Gasteiger charge is 2.19. The summed E-state index contributed by atoms with van der Waals surface area (Å²) < 4.78 is 0. The van der Waals surface area contributed by atoms with E-state index in [9.17, 15) is 0 Å². The van der Waals surface area contributed by atoms with Gasteiger partial charge in [-0.1, -0.05) is 59.6 Å². The lowest BCUT2D eigenvalue weighted by Gasteiger charge is -2.19. The second-order valence-corrected chi connectivity index (χ2v) is 5.52. The van der Waals surface area contributed by atoms with Crippen molar-refractivity contribution < 1.29 is 0 Å². The van der Waals surface area contributed by atoms with Gasteiger partial charge in [-0.05, 0) is 23.3 Å². The molecule has 0 fully saturated rings. The van der Waals surface area contributed by atoms with Gasteiger partial charge in [-0.2, -0.15) is 0 Å². The molecule has 0 saturated heterocycles. The van der Waals surface area contributed by atoms with Crippen molar-refractivity contribution in [3.63, 3.8) is 0 Å². The molecule has 0 saturated carbocycles. The van der Waals surface area contributed by atoms with E-state index < -0.39 is 0 Å². The van der Waals surface area contributed by atoms with E-state index in [2.05, 4.69) is 22.1 Å². The highest BCUT2D eigenvalue weighted by atomic mass is 35.5. The van der Waals surface area contributed by atoms with Crippen molar-refractivity contribution in [3.05, 3.63) is 94.0 Å². The van der Waals surface area contributed by atoms with E-state index in [4.69, 9.17) is 23.2 Å². The first-order valence-corrected chi connectivity index (χ1v) is 7.26. The minimum absolute atomic E-state index is 0.0165. The lowest BCUT2D eigenvalue weighted by molar-refractivity contribution is 0.941. The Balaban J connectivity index is 2.17. The second kappa shape index (κ2) is 6.25. The highest BCUT2D eigenvalue weighted by Crippen LogP contribution is 2.36. The van der Waals surface area contributed by atoms with E-state index in [-0.39, 0.29) is 5.92 Å². The van der Waals surface area contributed by atoms with Gasteiger partial charge in [0.2, 0.25) is 0 Å². The molecule has 0 radical (unpaired) electrons. The number of aromatic nitrogens is 2. The summed E-state index contributed by atoms with van der Waals surface area (Å²) in [6.07, 6.45) is 5.15. The maximum absolute atomic E-state index is 6.40. The van der Waals surface area contributed by atoms with Gasteiger partial charge in [0.05, 0.1) is 0 Å². The van der Waals surface area contributed by atoms with Crippen LogP contribution in [0.5, 0.6) is 0 Å². The van der Waals surface area contributed by atoms with Crippen molar-refractivity contribution in [3.8, 4) is 0 Å². The van der Waals surface area contributed by atoms with Crippen LogP contribution in [0, 0.1) is 0 Å². The van der Waals surface area contributed by atoms with Gasteiger partial charge in [-0.3, -0.25) is 0 Å². The van der Waals surface area contributed by atoms with Crippen LogP contribution in [0.15, 0.2) is 67.3 Å². The van der Waals surface area contributed by atoms with Crippen LogP contribution in [-0.4, -0.2) is 9.97 Å². The van der Waals surface area contributed by atoms with Gasteiger partial charge < -0.3 is 0 Å². The molecule has 3 rings (SSSR count). The Hall–Kier alpha value is -1.90. The molecule has 2 aromatic carbocycles. The van der Waals surface area contributed by atoms with Crippen molar-refractivity contribution in [1.82, 2.24) is 9.97 Å². The molecule has 1 heterocycles. The molecule has 0 aliphatic rings. The summed E-state index contributed by atoms with van der Waals surface area (Å²) in [5.74, 6) is -0.0165. The topological polar surface area (TPSA) is 25.8 Å². The molecule has 1 unspecified atom stereocenters. The van der Waals surface area contributed by atoms with E-state index >= 15 is 0 Å². The zero-order valence-corrected chi connectivity index (χ0v) is 12.6. The number of rotatable bonds is 3. The van der Waals surface area contributed by atoms with E-state index in [1.165, 1.54) is 6.33 Å². The van der Waals surface area contributed by atoms with Crippen molar-refractivity contribution in [1.29, 1.82) is 0 Å². The summed E-state index contributed by atoms with van der Waals surface area (Å²) in [6, 6.07) is 15.7. The minimum Gasteiger partial charge on any atom is -0.245 e. The zero-order valence-electron chi connectivity index (χ0n) is 11.1. The predicted molar refractivity (Wildman–Crippen MR) is 85.9 cm³/mol. The van der Waals surface area contributed by atoms with Crippen LogP contribution in [-0.2, 0) is 0 Å². The van der Waals surface area contributed by atoms with Crippen molar-refractivity contribution in [2.45, 2.75) is 5.92 Å². The molecule has 3 aromatic rings. The average molecular weight is 315 g/mol. The van der Waals surface area contributed by atoms with Crippen LogP contribution in [0.4, 0.5) is 0 Å². The van der Waals surface area contributed by atoms with Crippen LogP contribution in [0.25, 0.3) is 0 Å². The van der Waals surface area contributed by atoms with Crippen LogP contribution >= 0.6 is 23.2 Å². The zero-order chi connectivity index (χ0) is 14.7. The van der Waals surface area contributed by atoms with Crippen LogP contribution in [0.2, 0.25) is 10.0 Å². The molecule has 0 aliphatic heterocycles. The Morgan fingerprint density at radius 1 is 0.810 bits per heavy atom. The van der Waals surface area contributed by atoms with E-state index in [1.54, 1.807) is 6.07 Å². The lowest BCUT2D eigenvalue weighted by Crippen LogP contribution is -2.05. The monoisotopic (exact) mass is 314 g/mol. The van der Waals surface area contributed by atoms with Gasteiger partial charge in [0, 0.05) is 33.9 Å². The molecule has 0 bridgehead atoms. The van der Waals surface area contributed by atoms with Crippen LogP contribution < -0.4 is 0 Å². The Kier molecular flexibility index (Phi) is 4.18. The minimum atomic E-state index is -0.0165. The Morgan fingerprint density at radius 2 is 1.52 bits per heavy atom. The SMILES string of the molecule is Clc1ccc(C(c2ccccc2)c2cncnc2)c(Cl)c1. The molecular weight excluding hydrogens is 303 g/mol. The largest absolute Gasteiger partial charge is 0.245 e. The van der Waals surface area contributed by atoms with Crippen molar-refractivity contribution in [2.75, 3.05) is 0 Å². The Morgan fingerprint density at radius 3 is 2.19 bits per heavy atom. The standard InChI is InChI=1S/C17H12Cl2N2/c18-14-6-7-15(16(19)8-14)17(12-4-2-1-3-5-12)13-9-20-11-21-10-13/h1-11,17H. The number of nitrogens with zero attached hydrogens (tertiary/aromatic N) is 2. The maximum atomic E-state index is 6.40. The first-order valence-electron chi connectivity index (χ1n) is 6.50. The molecule has 4 heteroatoms. The summed E-state index contributed by atoms with van der Waals surface area (Å²) in [5.41, 5.74) is 3.12. The van der Waals surface area contributed by atoms with Gasteiger partial charge >= 0.3 is 0 Å². The van der Waals surface area contributed by atoms with Crippen LogP contribution in [0.1, 0.15) is 22.6 Å². The number of hydrogen-bond donors (Lipinski definition) is 0. The number of hydrogen-bond acceptors (Lipinski definition) is 2. The molecule has 104 valence electrons. The van der Waals surface area contributed by atoms with Gasteiger partial charge in [0.15, 0.2) is 0 Å². The first-order chi connectivity index (χ1) is 10.3. The third-order valence-electron chi connectivity index (χ3n) is 3.32. The smallest absolute Gasteiger partial charge is 0.115 e. The van der Waals surface area contributed by atoms with E-state index in [1.807, 2.05) is 42.7 Å². The summed E-state index contributed by atoms with van der Waals surface area (Å²) >= 11 is 12.4. The molecule has 0 N–H and O–H groups in total. The normalized spacial score (nSPS) is 12.1. The molecule has 2 nitrogen and oxygen atoms in total. The summed E-state index contributed by atoms with van der Waals surface area (Å²) in [5, 5.41) is 1.26. The summed E-state index contributed by atoms with van der Waals surface area (Å²) in [4.78, 5) is 8.25. The highest BCUT2D eigenvalue weighted by molar-refractivity contribution is 6.35. The Labute approximate surface area is 133 Å². The fourth-order valence-electron chi connectivity index (χ4n) is 2.39. The lowest BCUT2D eigenvalue weighted by atomic mass is 9.86. The predicted octanol–water partition coefficient (Wildman–Crippen LogP) is 4.96. The summed E-state index contributed by atoms with van der Waals surface area (Å²) in [6.45, 7) is 0. The van der Waals surface area contributed by atoms with E-state index in [0.29, 0.717) is 10.0 Å². The molecule has 1 atom stereocenters. The van der Waals surface area contributed by atoms with Gasteiger partial charge in [-0.25, -0.2) is 9.97 Å². The molecular formula is C17H12Cl2N2. The van der Waals surface area contributed by atoms with Gasteiger partial charge in [0.25, 0.3) is 0 Å². The van der Waals surface area contributed by atoms with Crippen molar-refractivity contribution in [2.24, 2.45) is 0 Å². The first kappa shape index (κ1) is 14.1. The van der Waals surface area contributed by atoms with Crippen molar-refractivity contribution >= 4 is 23.2 Å². The average Bonchev–Trinajstić information content (AvgIpc) is 2.52. The van der Waals surface area contributed by atoms with Gasteiger partial charge in [0.1, 0.15) is 6.33 Å². The number of halogens is 2. The third-order valence-corrected chi connectivity index (χ3v) is 3.88. The second-order valence-electron chi connectivity index (χ2n) is 4.68. The molecule has 0 amide bonds. The fraction of sp³-hybridized carbons (Fsp3) is 0.0588. The fourth-order valence-corrected chi connectivity index (χ4v) is 2.91. The van der Waals surface area contributed by atoms with E-state index in [0.717, 1.165) is 16.7 Å². The third kappa shape index (κ3) is 3.07.